The Balaban J connectivity index is 2.27. The lowest BCUT2D eigenvalue weighted by Crippen LogP contribution is -2.32. The summed E-state index contributed by atoms with van der Waals surface area (Å²) in [5, 5.41) is 6.42. The van der Waals surface area contributed by atoms with Gasteiger partial charge in [-0.15, -0.1) is 0 Å². The van der Waals surface area contributed by atoms with Crippen LogP contribution in [0.5, 0.6) is 5.75 Å². The minimum Gasteiger partial charge on any atom is -0.493 e. The molecule has 0 saturated carbocycles. The van der Waals surface area contributed by atoms with Crippen molar-refractivity contribution in [2.45, 2.75) is 59.3 Å². The summed E-state index contributed by atoms with van der Waals surface area (Å²) in [6, 6.07) is 7.49. The summed E-state index contributed by atoms with van der Waals surface area (Å²) in [6.07, 6.45) is 3.86. The van der Waals surface area contributed by atoms with Gasteiger partial charge in [0.05, 0.1) is 36.9 Å². The summed E-state index contributed by atoms with van der Waals surface area (Å²) in [7, 11) is 0. The molecule has 1 heterocycles. The molecular formula is C26H37N3O5S. The van der Waals surface area contributed by atoms with Crippen LogP contribution in [0, 0.1) is 0 Å². The lowest BCUT2D eigenvalue weighted by Gasteiger charge is -2.31. The molecule has 0 aliphatic carbocycles. The highest BCUT2D eigenvalue weighted by molar-refractivity contribution is 7.80. The van der Waals surface area contributed by atoms with E-state index in [1.165, 1.54) is 0 Å². The number of carbonyl (C=O) groups is 2. The molecule has 35 heavy (non-hydrogen) atoms. The summed E-state index contributed by atoms with van der Waals surface area (Å²) >= 11 is 4.81. The van der Waals surface area contributed by atoms with Crippen LogP contribution in [0.15, 0.2) is 46.8 Å². The Bertz CT molecular complexity index is 933. The topological polar surface area (TPSA) is 112 Å². The quantitative estimate of drug-likeness (QED) is 0.210. The Labute approximate surface area is 213 Å². The second-order valence-electron chi connectivity index (χ2n) is 8.17. The summed E-state index contributed by atoms with van der Waals surface area (Å²) in [6.45, 7) is 8.85. The Kier molecular flexibility index (Phi) is 11.6. The Hall–Kier alpha value is -3.07. The van der Waals surface area contributed by atoms with E-state index in [1.54, 1.807) is 27.7 Å². The van der Waals surface area contributed by atoms with Gasteiger partial charge in [0.2, 0.25) is 0 Å². The first kappa shape index (κ1) is 28.2. The molecule has 2 rings (SSSR count). The van der Waals surface area contributed by atoms with E-state index in [2.05, 4.69) is 10.6 Å². The maximum Gasteiger partial charge on any atom is 0.336 e. The molecule has 0 unspecified atom stereocenters. The van der Waals surface area contributed by atoms with Crippen LogP contribution in [0.1, 0.15) is 64.9 Å². The average molecular weight is 504 g/mol. The third-order valence-electron chi connectivity index (χ3n) is 5.61. The monoisotopic (exact) mass is 503 g/mol. The first-order chi connectivity index (χ1) is 16.8. The number of thiocarbonyl (C=S) groups is 1. The van der Waals surface area contributed by atoms with E-state index in [0.29, 0.717) is 40.0 Å². The fraction of sp³-hybridized carbons (Fsp3) is 0.500. The third-order valence-corrected chi connectivity index (χ3v) is 5.75. The summed E-state index contributed by atoms with van der Waals surface area (Å²) in [5.74, 6) is -0.996. The van der Waals surface area contributed by atoms with Crippen LogP contribution in [0.25, 0.3) is 0 Å². The molecule has 1 aromatic rings. The second kappa shape index (κ2) is 14.4. The molecule has 1 aromatic carbocycles. The molecule has 0 aromatic heterocycles. The summed E-state index contributed by atoms with van der Waals surface area (Å²) in [5.41, 5.74) is 8.19. The van der Waals surface area contributed by atoms with Crippen molar-refractivity contribution in [2.75, 3.05) is 26.4 Å². The van der Waals surface area contributed by atoms with Crippen molar-refractivity contribution in [3.8, 4) is 5.75 Å². The molecule has 4 N–H and O–H groups in total. The molecule has 0 fully saturated rings. The number of benzene rings is 1. The number of esters is 2. The van der Waals surface area contributed by atoms with Gasteiger partial charge in [0.1, 0.15) is 5.75 Å². The van der Waals surface area contributed by atoms with E-state index in [1.807, 2.05) is 24.3 Å². The van der Waals surface area contributed by atoms with Gasteiger partial charge in [0, 0.05) is 23.5 Å². The number of para-hydroxylation sites is 1. The number of hydrogen-bond acceptors (Lipinski definition) is 7. The zero-order chi connectivity index (χ0) is 25.8. The number of rotatable bonds is 13. The molecule has 0 saturated heterocycles. The van der Waals surface area contributed by atoms with Crippen molar-refractivity contribution >= 4 is 29.3 Å². The van der Waals surface area contributed by atoms with Gasteiger partial charge in [-0.25, -0.2) is 9.59 Å². The average Bonchev–Trinajstić information content (AvgIpc) is 2.80. The fourth-order valence-electron chi connectivity index (χ4n) is 4.09. The van der Waals surface area contributed by atoms with E-state index >= 15 is 0 Å². The van der Waals surface area contributed by atoms with Crippen LogP contribution >= 0.6 is 12.2 Å². The zero-order valence-corrected chi connectivity index (χ0v) is 21.9. The smallest absolute Gasteiger partial charge is 0.336 e. The van der Waals surface area contributed by atoms with Crippen molar-refractivity contribution in [2.24, 2.45) is 5.73 Å². The molecule has 1 aliphatic heterocycles. The fourth-order valence-corrected chi connectivity index (χ4v) is 4.19. The molecular weight excluding hydrogens is 466 g/mol. The normalized spacial score (nSPS) is 13.8. The highest BCUT2D eigenvalue weighted by atomic mass is 32.1. The molecule has 192 valence electrons. The highest BCUT2D eigenvalue weighted by Crippen LogP contribution is 2.42. The molecule has 0 radical (unpaired) electrons. The Morgan fingerprint density at radius 3 is 2.11 bits per heavy atom. The molecule has 0 bridgehead atoms. The number of hydrogen-bond donors (Lipinski definition) is 3. The summed E-state index contributed by atoms with van der Waals surface area (Å²) < 4.78 is 16.9. The van der Waals surface area contributed by atoms with E-state index < -0.39 is 17.9 Å². The second-order valence-corrected chi connectivity index (χ2v) is 8.61. The van der Waals surface area contributed by atoms with Crippen LogP contribution in [-0.2, 0) is 19.1 Å². The van der Waals surface area contributed by atoms with Gasteiger partial charge in [0.25, 0.3) is 0 Å². The van der Waals surface area contributed by atoms with Crippen molar-refractivity contribution in [1.82, 2.24) is 10.6 Å². The summed E-state index contributed by atoms with van der Waals surface area (Å²) in [4.78, 5) is 26.0. The van der Waals surface area contributed by atoms with Crippen LogP contribution < -0.4 is 21.1 Å². The van der Waals surface area contributed by atoms with Crippen LogP contribution in [0.2, 0.25) is 0 Å². The predicted octanol–water partition coefficient (Wildman–Crippen LogP) is 3.82. The first-order valence-electron chi connectivity index (χ1n) is 12.1. The molecule has 8 nitrogen and oxygen atoms in total. The van der Waals surface area contributed by atoms with Crippen LogP contribution in [0.3, 0.4) is 0 Å². The van der Waals surface area contributed by atoms with Gasteiger partial charge in [-0.05, 0) is 58.8 Å². The maximum atomic E-state index is 13.0. The SMILES string of the molecule is CCOC(=O)C1=C(C)NC(C)=C(C(=O)OCC)C1c1ccccc1OCCCCCCNC(N)=S. The van der Waals surface area contributed by atoms with E-state index in [9.17, 15) is 9.59 Å². The Morgan fingerprint density at radius 2 is 1.54 bits per heavy atom. The molecule has 0 atom stereocenters. The minimum absolute atomic E-state index is 0.227. The van der Waals surface area contributed by atoms with Gasteiger partial charge < -0.3 is 30.6 Å². The molecule has 9 heteroatoms. The molecule has 0 spiro atoms. The van der Waals surface area contributed by atoms with Crippen molar-refractivity contribution in [3.05, 3.63) is 52.4 Å². The lowest BCUT2D eigenvalue weighted by atomic mass is 9.80. The molecule has 1 aliphatic rings. The largest absolute Gasteiger partial charge is 0.493 e. The van der Waals surface area contributed by atoms with E-state index in [4.69, 9.17) is 32.2 Å². The number of allylic oxidation sites excluding steroid dienone is 2. The van der Waals surface area contributed by atoms with Crippen LogP contribution in [-0.4, -0.2) is 43.4 Å². The standard InChI is InChI=1S/C26H37N3O5S/c1-5-32-24(30)21-17(3)29-18(4)22(25(31)33-6-2)23(21)19-13-9-10-14-20(19)34-16-12-8-7-11-15-28-26(27)35/h9-10,13-14,23,29H,5-8,11-12,15-16H2,1-4H3,(H3,27,28,35). The number of ether oxygens (including phenoxy) is 3. The van der Waals surface area contributed by atoms with Gasteiger partial charge in [-0.3, -0.25) is 0 Å². The molecule has 0 amide bonds. The number of nitrogens with two attached hydrogens (primary N) is 1. The van der Waals surface area contributed by atoms with E-state index in [0.717, 1.165) is 37.8 Å². The number of nitrogens with one attached hydrogen (secondary N) is 2. The highest BCUT2D eigenvalue weighted by Gasteiger charge is 2.39. The van der Waals surface area contributed by atoms with Gasteiger partial charge in [-0.1, -0.05) is 31.0 Å². The van der Waals surface area contributed by atoms with Crippen molar-refractivity contribution in [3.63, 3.8) is 0 Å². The predicted molar refractivity (Wildman–Crippen MR) is 140 cm³/mol. The maximum absolute atomic E-state index is 13.0. The third kappa shape index (κ3) is 7.99. The van der Waals surface area contributed by atoms with Crippen molar-refractivity contribution in [1.29, 1.82) is 0 Å². The minimum atomic E-state index is -0.670. The van der Waals surface area contributed by atoms with Gasteiger partial charge >= 0.3 is 11.9 Å². The van der Waals surface area contributed by atoms with Gasteiger partial charge in [0.15, 0.2) is 5.11 Å². The number of dihydropyridines is 1. The zero-order valence-electron chi connectivity index (χ0n) is 21.1. The number of unbranched alkanes of at least 4 members (excludes halogenated alkanes) is 3. The van der Waals surface area contributed by atoms with E-state index in [-0.39, 0.29) is 13.2 Å². The van der Waals surface area contributed by atoms with Crippen molar-refractivity contribution < 1.29 is 23.8 Å². The Morgan fingerprint density at radius 1 is 0.971 bits per heavy atom. The lowest BCUT2D eigenvalue weighted by molar-refractivity contribution is -0.139. The van der Waals surface area contributed by atoms with Gasteiger partial charge in [-0.2, -0.15) is 0 Å². The first-order valence-corrected chi connectivity index (χ1v) is 12.5. The number of carbonyl (C=O) groups excluding carboxylic acids is 2. The van der Waals surface area contributed by atoms with Crippen LogP contribution in [0.4, 0.5) is 0 Å².